The minimum absolute atomic E-state index is 0.0254. The number of hydrogen-bond acceptors (Lipinski definition) is 1. The Morgan fingerprint density at radius 2 is 0.987 bits per heavy atom. The first-order valence-corrected chi connectivity index (χ1v) is 27.7. The van der Waals surface area contributed by atoms with E-state index >= 15 is 0 Å². The number of ether oxygens (including phenoxy) is 1. The molecule has 2 aromatic heterocycles. The molecule has 0 unspecified atom stereocenters. The largest absolute Gasteiger partial charge is 0.458 e. The van der Waals surface area contributed by atoms with E-state index in [2.05, 4.69) is 266 Å². The van der Waals surface area contributed by atoms with Gasteiger partial charge in [0.25, 0.3) is 6.71 Å². The Labute approximate surface area is 451 Å². The van der Waals surface area contributed by atoms with Crippen molar-refractivity contribution in [3.63, 3.8) is 0 Å². The highest BCUT2D eigenvalue weighted by Crippen LogP contribution is 2.65. The van der Waals surface area contributed by atoms with Gasteiger partial charge in [0.2, 0.25) is 0 Å². The first-order valence-electron chi connectivity index (χ1n) is 27.7. The molecule has 0 saturated heterocycles. The second kappa shape index (κ2) is 15.0. The maximum absolute atomic E-state index is 7.95. The third-order valence-corrected chi connectivity index (χ3v) is 18.2. The van der Waals surface area contributed by atoms with Crippen molar-refractivity contribution in [3.8, 4) is 56.3 Å². The average molecular weight is 991 g/mol. The maximum Gasteiger partial charge on any atom is 0.256 e. The van der Waals surface area contributed by atoms with Gasteiger partial charge in [-0.25, -0.2) is 0 Å². The zero-order valence-electron chi connectivity index (χ0n) is 45.4. The fourth-order valence-corrected chi connectivity index (χ4v) is 14.6. The molecular weight excluding hydrogens is 932 g/mol. The highest BCUT2D eigenvalue weighted by atomic mass is 16.5. The van der Waals surface area contributed by atoms with Crippen LogP contribution in [0.4, 0.5) is 0 Å². The van der Waals surface area contributed by atoms with Gasteiger partial charge in [-0.1, -0.05) is 220 Å². The van der Waals surface area contributed by atoms with E-state index in [0.717, 1.165) is 17.1 Å². The van der Waals surface area contributed by atoms with Crippen LogP contribution < -0.4 is 21.1 Å². The van der Waals surface area contributed by atoms with E-state index < -0.39 is 5.41 Å². The summed E-state index contributed by atoms with van der Waals surface area (Å²) in [6.45, 7) is 20.9. The van der Waals surface area contributed by atoms with Crippen LogP contribution in [0, 0.1) is 0 Å². The Kier molecular flexibility index (Phi) is 8.74. The third kappa shape index (κ3) is 5.83. The summed E-state index contributed by atoms with van der Waals surface area (Å²) in [4.78, 5) is 0. The molecule has 0 amide bonds. The van der Waals surface area contributed by atoms with E-state index in [-0.39, 0.29) is 23.0 Å². The van der Waals surface area contributed by atoms with Gasteiger partial charge in [0.05, 0.1) is 27.5 Å². The minimum Gasteiger partial charge on any atom is -0.458 e. The standard InChI is InChI=1S/C73H59BN2O/c1-70(2,3)44-22-20-21-42(35-44)43-36-62-66-63(37-43)77-69-58(34-33-52-50-25-12-17-30-57(50)73(65(52)69)55-28-15-10-23-48(55)49-24-11-16-29-56(49)73)74(66)59-41-54-51-26-13-18-31-60(51)75(47-39-45(71(4,5)6)38-46(40-47)72(7,8)9)67(54)64-53-27-14-19-32-61(53)76(62)68(59)64/h10-41H,1-9H3. The Bertz CT molecular complexity index is 4520. The molecule has 0 bridgehead atoms. The lowest BCUT2D eigenvalue weighted by molar-refractivity contribution is 0.476. The molecule has 4 heteroatoms. The second-order valence-electron chi connectivity index (χ2n) is 25.6. The van der Waals surface area contributed by atoms with Gasteiger partial charge in [-0.15, -0.1) is 0 Å². The molecule has 0 fully saturated rings. The monoisotopic (exact) mass is 990 g/mol. The second-order valence-corrected chi connectivity index (χ2v) is 25.6. The normalized spacial score (nSPS) is 14.5. The molecule has 12 aromatic rings. The summed E-state index contributed by atoms with van der Waals surface area (Å²) in [5, 5.41) is 5.05. The van der Waals surface area contributed by atoms with Gasteiger partial charge in [0, 0.05) is 38.5 Å². The molecule has 4 aliphatic rings. The van der Waals surface area contributed by atoms with Crippen LogP contribution in [-0.4, -0.2) is 15.8 Å². The van der Waals surface area contributed by atoms with E-state index in [1.54, 1.807) is 0 Å². The van der Waals surface area contributed by atoms with Gasteiger partial charge in [0.1, 0.15) is 11.5 Å². The number of fused-ring (bicyclic) bond motifs is 22. The Morgan fingerprint density at radius 1 is 0.416 bits per heavy atom. The van der Waals surface area contributed by atoms with Crippen molar-refractivity contribution in [2.45, 2.75) is 84.0 Å². The van der Waals surface area contributed by atoms with Gasteiger partial charge in [-0.3, -0.25) is 0 Å². The van der Waals surface area contributed by atoms with Gasteiger partial charge in [0.15, 0.2) is 0 Å². The van der Waals surface area contributed by atoms with Crippen molar-refractivity contribution in [1.82, 2.24) is 9.13 Å². The van der Waals surface area contributed by atoms with E-state index in [1.807, 2.05) is 0 Å². The summed E-state index contributed by atoms with van der Waals surface area (Å²) in [7, 11) is 0. The van der Waals surface area contributed by atoms with Crippen LogP contribution in [-0.2, 0) is 21.7 Å². The molecule has 2 aliphatic heterocycles. The van der Waals surface area contributed by atoms with Gasteiger partial charge in [-0.05, 0) is 136 Å². The van der Waals surface area contributed by atoms with E-state index in [1.165, 1.54) is 138 Å². The molecule has 77 heavy (non-hydrogen) atoms. The summed E-state index contributed by atoms with van der Waals surface area (Å²) in [6, 6.07) is 74.6. The summed E-state index contributed by atoms with van der Waals surface area (Å²) in [6.07, 6.45) is 0. The van der Waals surface area contributed by atoms with Crippen molar-refractivity contribution in [1.29, 1.82) is 0 Å². The highest BCUT2D eigenvalue weighted by molar-refractivity contribution is 6.99. The van der Waals surface area contributed by atoms with Crippen molar-refractivity contribution < 1.29 is 4.74 Å². The van der Waals surface area contributed by atoms with E-state index in [9.17, 15) is 0 Å². The molecule has 0 atom stereocenters. The summed E-state index contributed by atoms with van der Waals surface area (Å²) in [5.41, 5.74) is 26.9. The predicted molar refractivity (Wildman–Crippen MR) is 324 cm³/mol. The van der Waals surface area contributed by atoms with Crippen LogP contribution in [0.1, 0.15) is 101 Å². The van der Waals surface area contributed by atoms with Gasteiger partial charge >= 0.3 is 0 Å². The first kappa shape index (κ1) is 44.9. The fourth-order valence-electron chi connectivity index (χ4n) is 14.6. The molecule has 4 heterocycles. The lowest BCUT2D eigenvalue weighted by atomic mass is 9.34. The Morgan fingerprint density at radius 3 is 1.62 bits per heavy atom. The van der Waals surface area contributed by atoms with Gasteiger partial charge < -0.3 is 13.9 Å². The molecule has 0 N–H and O–H groups in total. The third-order valence-electron chi connectivity index (χ3n) is 18.2. The Hall–Kier alpha value is -8.34. The summed E-state index contributed by atoms with van der Waals surface area (Å²) < 4.78 is 13.2. The molecular formula is C73H59BN2O. The predicted octanol–water partition coefficient (Wildman–Crippen LogP) is 16.7. The van der Waals surface area contributed by atoms with Crippen molar-refractivity contribution in [2.75, 3.05) is 0 Å². The van der Waals surface area contributed by atoms with Crippen LogP contribution in [0.3, 0.4) is 0 Å². The number of nitrogens with zero attached hydrogens (tertiary/aromatic N) is 2. The quantitative estimate of drug-likeness (QED) is 0.158. The molecule has 1 spiro atoms. The molecule has 370 valence electrons. The average Bonchev–Trinajstić information content (AvgIpc) is 4.32. The molecule has 10 aromatic carbocycles. The molecule has 3 nitrogen and oxygen atoms in total. The fraction of sp³-hybridized carbons (Fsp3) is 0.178. The minimum atomic E-state index is -0.590. The van der Waals surface area contributed by atoms with E-state index in [0.29, 0.717) is 0 Å². The number of aromatic nitrogens is 2. The zero-order chi connectivity index (χ0) is 52.2. The Balaban J connectivity index is 1.08. The van der Waals surface area contributed by atoms with Crippen LogP contribution >= 0.6 is 0 Å². The first-order chi connectivity index (χ1) is 37.1. The lowest BCUT2D eigenvalue weighted by Crippen LogP contribution is -2.58. The highest BCUT2D eigenvalue weighted by Gasteiger charge is 2.55. The van der Waals surface area contributed by atoms with Crippen LogP contribution in [0.2, 0.25) is 0 Å². The topological polar surface area (TPSA) is 19.1 Å². The van der Waals surface area contributed by atoms with E-state index in [4.69, 9.17) is 4.74 Å². The lowest BCUT2D eigenvalue weighted by Gasteiger charge is -2.38. The van der Waals surface area contributed by atoms with Gasteiger partial charge in [-0.2, -0.15) is 0 Å². The SMILES string of the molecule is CC(C)(C)c1cccc(-c2cc3c4c(c2)-n2c5ccccc5c5c2c(cc2c6ccccc6n(-c6cc(C(C)(C)C)cc(C(C)(C)C)c6)c25)B4c2ccc4c(c2O3)C2(c3ccccc3-c3ccccc32)c2ccccc2-4)c1. The van der Waals surface area contributed by atoms with Crippen LogP contribution in [0.25, 0.3) is 88.4 Å². The zero-order valence-corrected chi connectivity index (χ0v) is 45.4. The van der Waals surface area contributed by atoms with Crippen molar-refractivity contribution in [2.24, 2.45) is 0 Å². The number of hydrogen-bond donors (Lipinski definition) is 0. The van der Waals surface area contributed by atoms with Crippen LogP contribution in [0.5, 0.6) is 11.5 Å². The molecule has 0 saturated carbocycles. The molecule has 0 radical (unpaired) electrons. The number of benzene rings is 10. The van der Waals surface area contributed by atoms with Crippen LogP contribution in [0.15, 0.2) is 194 Å². The maximum atomic E-state index is 7.95. The molecule has 2 aliphatic carbocycles. The summed E-state index contributed by atoms with van der Waals surface area (Å²) >= 11 is 0. The number of rotatable bonds is 2. The molecule has 16 rings (SSSR count). The van der Waals surface area contributed by atoms with Crippen molar-refractivity contribution >= 4 is 66.7 Å². The summed E-state index contributed by atoms with van der Waals surface area (Å²) in [5.74, 6) is 1.89. The number of para-hydroxylation sites is 2. The van der Waals surface area contributed by atoms with Crippen molar-refractivity contribution in [3.05, 3.63) is 233 Å². The smallest absolute Gasteiger partial charge is 0.256 e.